The van der Waals surface area contributed by atoms with E-state index in [1.807, 2.05) is 0 Å². The second kappa shape index (κ2) is 4.77. The first-order valence-corrected chi connectivity index (χ1v) is 7.67. The van der Waals surface area contributed by atoms with Crippen LogP contribution in [-0.4, -0.2) is 24.1 Å². The zero-order valence-corrected chi connectivity index (χ0v) is 13.0. The highest BCUT2D eigenvalue weighted by atomic mass is 127. The fraction of sp³-hybridized carbons (Fsp3) is 0.188. The summed E-state index contributed by atoms with van der Waals surface area (Å²) >= 11 is 2.33. The van der Waals surface area contributed by atoms with Gasteiger partial charge < -0.3 is 9.47 Å². The molecule has 0 aromatic heterocycles. The maximum absolute atomic E-state index is 5.46. The second-order valence-electron chi connectivity index (χ2n) is 4.95. The van der Waals surface area contributed by atoms with Gasteiger partial charge >= 0.3 is 0 Å². The summed E-state index contributed by atoms with van der Waals surface area (Å²) in [7, 11) is 0. The average molecular weight is 378 g/mol. The molecule has 0 unspecified atom stereocenters. The van der Waals surface area contributed by atoms with Crippen LogP contribution in [0.1, 0.15) is 11.1 Å². The van der Waals surface area contributed by atoms with Crippen LogP contribution in [-0.2, 0) is 6.42 Å². The summed E-state index contributed by atoms with van der Waals surface area (Å²) in [5.74, 6) is 1.73. The summed E-state index contributed by atoms with van der Waals surface area (Å²) in [5.41, 5.74) is 3.78. The predicted octanol–water partition coefficient (Wildman–Crippen LogP) is 3.34. The highest BCUT2D eigenvalue weighted by Gasteiger charge is 2.23. The number of halogens is 1. The van der Waals surface area contributed by atoms with Gasteiger partial charge in [-0.1, -0.05) is 0 Å². The molecular weight excluding hydrogens is 365 g/mol. The van der Waals surface area contributed by atoms with Gasteiger partial charge in [-0.2, -0.15) is 4.58 Å². The summed E-state index contributed by atoms with van der Waals surface area (Å²) < 4.78 is 14.4. The topological polar surface area (TPSA) is 21.5 Å². The molecule has 0 amide bonds. The Morgan fingerprint density at radius 1 is 1.00 bits per heavy atom. The van der Waals surface area contributed by atoms with Crippen LogP contribution in [0.4, 0.5) is 5.69 Å². The Labute approximate surface area is 131 Å². The summed E-state index contributed by atoms with van der Waals surface area (Å²) in [4.78, 5) is 0. The SMILES string of the molecule is Ic1ccc([N+]2=Cc3cc4c(cc3CC2)OCO4)cc1. The molecule has 0 radical (unpaired) electrons. The van der Waals surface area contributed by atoms with Gasteiger partial charge in [-0.25, -0.2) is 0 Å². The molecule has 0 aliphatic carbocycles. The Morgan fingerprint density at radius 2 is 1.75 bits per heavy atom. The van der Waals surface area contributed by atoms with Gasteiger partial charge in [0.25, 0.3) is 0 Å². The molecule has 0 bridgehead atoms. The third-order valence-corrected chi connectivity index (χ3v) is 4.43. The molecular formula is C16H13INO2+. The Hall–Kier alpha value is -1.56. The molecule has 0 atom stereocenters. The largest absolute Gasteiger partial charge is 0.454 e. The Balaban J connectivity index is 1.76. The number of hydrogen-bond acceptors (Lipinski definition) is 2. The molecule has 0 saturated heterocycles. The lowest BCUT2D eigenvalue weighted by Gasteiger charge is -2.12. The first kappa shape index (κ1) is 12.2. The van der Waals surface area contributed by atoms with E-state index in [9.17, 15) is 0 Å². The van der Waals surface area contributed by atoms with Crippen molar-refractivity contribution in [3.63, 3.8) is 0 Å². The molecule has 0 N–H and O–H groups in total. The maximum Gasteiger partial charge on any atom is 0.231 e. The van der Waals surface area contributed by atoms with Crippen LogP contribution < -0.4 is 9.47 Å². The number of hydrogen-bond donors (Lipinski definition) is 0. The number of fused-ring (bicyclic) bond motifs is 2. The van der Waals surface area contributed by atoms with Crippen LogP contribution in [0, 0.1) is 3.57 Å². The number of benzene rings is 2. The standard InChI is InChI=1S/C16H13INO2/c17-13-1-3-14(4-2-13)18-6-5-11-7-15-16(20-10-19-15)8-12(11)9-18/h1-4,7-9H,5-6,10H2/q+1. The Kier molecular flexibility index (Phi) is 2.91. The fourth-order valence-corrected chi connectivity index (χ4v) is 3.01. The van der Waals surface area contributed by atoms with Crippen LogP contribution in [0.15, 0.2) is 36.4 Å². The van der Waals surface area contributed by atoms with Crippen molar-refractivity contribution in [1.82, 2.24) is 0 Å². The summed E-state index contributed by atoms with van der Waals surface area (Å²) in [6.45, 7) is 1.33. The van der Waals surface area contributed by atoms with E-state index >= 15 is 0 Å². The molecule has 4 heteroatoms. The third kappa shape index (κ3) is 2.08. The second-order valence-corrected chi connectivity index (χ2v) is 6.20. The zero-order valence-electron chi connectivity index (χ0n) is 10.8. The van der Waals surface area contributed by atoms with E-state index in [4.69, 9.17) is 9.47 Å². The van der Waals surface area contributed by atoms with E-state index in [2.05, 4.69) is 69.8 Å². The van der Waals surface area contributed by atoms with Crippen molar-refractivity contribution in [3.8, 4) is 11.5 Å². The van der Waals surface area contributed by atoms with Crippen molar-refractivity contribution in [2.75, 3.05) is 13.3 Å². The molecule has 2 aliphatic rings. The van der Waals surface area contributed by atoms with Crippen LogP contribution in [0.25, 0.3) is 0 Å². The molecule has 4 rings (SSSR count). The average Bonchev–Trinajstić information content (AvgIpc) is 2.92. The molecule has 2 aromatic rings. The molecule has 2 aliphatic heterocycles. The highest BCUT2D eigenvalue weighted by Crippen LogP contribution is 2.35. The van der Waals surface area contributed by atoms with Gasteiger partial charge in [0.15, 0.2) is 24.3 Å². The molecule has 0 spiro atoms. The van der Waals surface area contributed by atoms with Gasteiger partial charge in [0, 0.05) is 27.7 Å². The summed E-state index contributed by atoms with van der Waals surface area (Å²) in [5, 5.41) is 0. The Morgan fingerprint density at radius 3 is 2.55 bits per heavy atom. The van der Waals surface area contributed by atoms with Crippen molar-refractivity contribution in [2.24, 2.45) is 0 Å². The predicted molar refractivity (Wildman–Crippen MR) is 85.4 cm³/mol. The van der Waals surface area contributed by atoms with Crippen LogP contribution in [0.2, 0.25) is 0 Å². The quantitative estimate of drug-likeness (QED) is 0.561. The smallest absolute Gasteiger partial charge is 0.231 e. The van der Waals surface area contributed by atoms with Crippen molar-refractivity contribution < 1.29 is 14.0 Å². The minimum absolute atomic E-state index is 0.332. The van der Waals surface area contributed by atoms with E-state index in [0.717, 1.165) is 24.5 Å². The normalized spacial score (nSPS) is 15.8. The van der Waals surface area contributed by atoms with Crippen molar-refractivity contribution in [2.45, 2.75) is 6.42 Å². The molecule has 2 aromatic carbocycles. The van der Waals surface area contributed by atoms with E-state index in [1.165, 1.54) is 20.4 Å². The Bertz CT molecular complexity index is 707. The number of rotatable bonds is 1. The zero-order chi connectivity index (χ0) is 13.5. The van der Waals surface area contributed by atoms with Crippen molar-refractivity contribution in [3.05, 3.63) is 51.1 Å². The van der Waals surface area contributed by atoms with Crippen LogP contribution >= 0.6 is 22.6 Å². The van der Waals surface area contributed by atoms with Crippen LogP contribution in [0.5, 0.6) is 11.5 Å². The van der Waals surface area contributed by atoms with Gasteiger partial charge in [0.05, 0.1) is 0 Å². The number of ether oxygens (including phenoxy) is 2. The first-order valence-electron chi connectivity index (χ1n) is 6.59. The first-order chi connectivity index (χ1) is 9.79. The van der Waals surface area contributed by atoms with E-state index in [1.54, 1.807) is 0 Å². The third-order valence-electron chi connectivity index (χ3n) is 3.71. The van der Waals surface area contributed by atoms with Gasteiger partial charge in [-0.15, -0.1) is 0 Å². The summed E-state index contributed by atoms with van der Waals surface area (Å²) in [6.07, 6.45) is 3.22. The van der Waals surface area contributed by atoms with Crippen molar-refractivity contribution >= 4 is 34.5 Å². The monoisotopic (exact) mass is 378 g/mol. The number of nitrogens with zero attached hydrogens (tertiary/aromatic N) is 1. The molecule has 20 heavy (non-hydrogen) atoms. The molecule has 0 fully saturated rings. The van der Waals surface area contributed by atoms with Gasteiger partial charge in [0.2, 0.25) is 12.5 Å². The van der Waals surface area contributed by atoms with Crippen molar-refractivity contribution in [1.29, 1.82) is 0 Å². The van der Waals surface area contributed by atoms with Crippen LogP contribution in [0.3, 0.4) is 0 Å². The lowest BCUT2D eigenvalue weighted by Crippen LogP contribution is -2.18. The maximum atomic E-state index is 5.46. The van der Waals surface area contributed by atoms with E-state index in [0.29, 0.717) is 6.79 Å². The van der Waals surface area contributed by atoms with E-state index in [-0.39, 0.29) is 0 Å². The van der Waals surface area contributed by atoms with Gasteiger partial charge in [-0.05, 0) is 52.4 Å². The highest BCUT2D eigenvalue weighted by molar-refractivity contribution is 14.1. The van der Waals surface area contributed by atoms with Gasteiger partial charge in [-0.3, -0.25) is 0 Å². The molecule has 2 heterocycles. The minimum Gasteiger partial charge on any atom is -0.454 e. The molecule has 0 saturated carbocycles. The van der Waals surface area contributed by atoms with E-state index < -0.39 is 0 Å². The summed E-state index contributed by atoms with van der Waals surface area (Å²) in [6, 6.07) is 12.8. The molecule has 100 valence electrons. The minimum atomic E-state index is 0.332. The lowest BCUT2D eigenvalue weighted by atomic mass is 10.0. The molecule has 3 nitrogen and oxygen atoms in total. The fourth-order valence-electron chi connectivity index (χ4n) is 2.65. The van der Waals surface area contributed by atoms with Gasteiger partial charge in [0.1, 0.15) is 0 Å². The lowest BCUT2D eigenvalue weighted by molar-refractivity contribution is -0.436.